The third-order valence-electron chi connectivity index (χ3n) is 2.82. The van der Waals surface area contributed by atoms with E-state index in [1.54, 1.807) is 26.4 Å². The molecule has 4 heteroatoms. The first kappa shape index (κ1) is 14.3. The maximum atomic E-state index is 8.86. The summed E-state index contributed by atoms with van der Waals surface area (Å²) in [6, 6.07) is 7.67. The fraction of sp³-hybridized carbons (Fsp3) is 0.500. The highest BCUT2D eigenvalue weighted by molar-refractivity contribution is 5.60. The quantitative estimate of drug-likeness (QED) is 0.841. The highest BCUT2D eigenvalue weighted by Crippen LogP contribution is 2.27. The molecule has 0 bridgehead atoms. The average molecular weight is 248 g/mol. The van der Waals surface area contributed by atoms with Crippen molar-refractivity contribution >= 4 is 5.69 Å². The number of methoxy groups -OCH3 is 2. The Balaban J connectivity index is 2.92. The third kappa shape index (κ3) is 3.64. The van der Waals surface area contributed by atoms with Gasteiger partial charge >= 0.3 is 0 Å². The van der Waals surface area contributed by atoms with Crippen LogP contribution in [0.2, 0.25) is 0 Å². The van der Waals surface area contributed by atoms with E-state index < -0.39 is 0 Å². The number of hydrogen-bond donors (Lipinski definition) is 1. The van der Waals surface area contributed by atoms with Gasteiger partial charge in [-0.25, -0.2) is 0 Å². The number of nitrogens with one attached hydrogen (secondary N) is 1. The zero-order valence-electron chi connectivity index (χ0n) is 11.4. The third-order valence-corrected chi connectivity index (χ3v) is 2.82. The standard InChI is InChI=1S/C14H20N2O2/c1-10(2)13(9-17-3)16-12-6-5-11(8-15)7-14(12)18-4/h5-7,10,13,16H,9H2,1-4H3. The molecule has 4 nitrogen and oxygen atoms in total. The van der Waals surface area contributed by atoms with Crippen molar-refractivity contribution < 1.29 is 9.47 Å². The molecule has 18 heavy (non-hydrogen) atoms. The molecular formula is C14H20N2O2. The van der Waals surface area contributed by atoms with Gasteiger partial charge in [0.1, 0.15) is 5.75 Å². The topological polar surface area (TPSA) is 54.3 Å². The van der Waals surface area contributed by atoms with Gasteiger partial charge in [0.05, 0.1) is 37.1 Å². The van der Waals surface area contributed by atoms with Crippen molar-refractivity contribution in [2.45, 2.75) is 19.9 Å². The Bertz CT molecular complexity index is 424. The number of ether oxygens (including phenoxy) is 2. The number of hydrogen-bond acceptors (Lipinski definition) is 4. The van der Waals surface area contributed by atoms with E-state index in [1.807, 2.05) is 6.07 Å². The van der Waals surface area contributed by atoms with Gasteiger partial charge in [-0.1, -0.05) is 13.8 Å². The Hall–Kier alpha value is -1.73. The molecule has 1 N–H and O–H groups in total. The van der Waals surface area contributed by atoms with Gasteiger partial charge in [0.25, 0.3) is 0 Å². The zero-order chi connectivity index (χ0) is 13.5. The Morgan fingerprint density at radius 1 is 1.33 bits per heavy atom. The molecule has 1 aromatic rings. The summed E-state index contributed by atoms with van der Waals surface area (Å²) in [5, 5.41) is 12.2. The van der Waals surface area contributed by atoms with Crippen molar-refractivity contribution in [3.05, 3.63) is 23.8 Å². The van der Waals surface area contributed by atoms with Crippen LogP contribution in [0.3, 0.4) is 0 Å². The first-order valence-corrected chi connectivity index (χ1v) is 5.96. The lowest BCUT2D eigenvalue weighted by Gasteiger charge is -2.23. The fourth-order valence-corrected chi connectivity index (χ4v) is 1.66. The van der Waals surface area contributed by atoms with Crippen molar-refractivity contribution in [2.75, 3.05) is 26.1 Å². The van der Waals surface area contributed by atoms with Gasteiger partial charge < -0.3 is 14.8 Å². The van der Waals surface area contributed by atoms with Gasteiger partial charge in [0.2, 0.25) is 0 Å². The highest BCUT2D eigenvalue weighted by Gasteiger charge is 2.15. The Labute approximate surface area is 109 Å². The van der Waals surface area contributed by atoms with E-state index in [0.29, 0.717) is 23.8 Å². The molecule has 0 spiro atoms. The molecule has 0 amide bonds. The van der Waals surface area contributed by atoms with Crippen LogP contribution in [0, 0.1) is 17.2 Å². The summed E-state index contributed by atoms with van der Waals surface area (Å²) in [5.41, 5.74) is 1.47. The molecule has 1 rings (SSSR count). The van der Waals surface area contributed by atoms with Crippen LogP contribution in [0.4, 0.5) is 5.69 Å². The molecule has 98 valence electrons. The summed E-state index contributed by atoms with van der Waals surface area (Å²) in [4.78, 5) is 0. The SMILES string of the molecule is COCC(Nc1ccc(C#N)cc1OC)C(C)C. The van der Waals surface area contributed by atoms with Crippen LogP contribution >= 0.6 is 0 Å². The first-order chi connectivity index (χ1) is 8.62. The Kier molecular flexibility index (Phi) is 5.47. The molecule has 0 saturated heterocycles. The lowest BCUT2D eigenvalue weighted by atomic mass is 10.0. The van der Waals surface area contributed by atoms with Crippen LogP contribution in [0.15, 0.2) is 18.2 Å². The van der Waals surface area contributed by atoms with E-state index >= 15 is 0 Å². The summed E-state index contributed by atoms with van der Waals surface area (Å²) in [6.07, 6.45) is 0. The molecule has 0 aliphatic rings. The van der Waals surface area contributed by atoms with E-state index in [2.05, 4.69) is 25.2 Å². The molecule has 0 heterocycles. The van der Waals surface area contributed by atoms with Crippen LogP contribution in [0.1, 0.15) is 19.4 Å². The van der Waals surface area contributed by atoms with Crippen LogP contribution < -0.4 is 10.1 Å². The normalized spacial score (nSPS) is 12.0. The van der Waals surface area contributed by atoms with Gasteiger partial charge in [-0.2, -0.15) is 5.26 Å². The smallest absolute Gasteiger partial charge is 0.143 e. The van der Waals surface area contributed by atoms with Crippen LogP contribution in [-0.2, 0) is 4.74 Å². The van der Waals surface area contributed by atoms with Crippen LogP contribution in [0.25, 0.3) is 0 Å². The van der Waals surface area contributed by atoms with Gasteiger partial charge in [-0.3, -0.25) is 0 Å². The predicted octanol–water partition coefficient (Wildman–Crippen LogP) is 2.65. The minimum Gasteiger partial charge on any atom is -0.495 e. The van der Waals surface area contributed by atoms with Crippen molar-refractivity contribution in [3.8, 4) is 11.8 Å². The minimum atomic E-state index is 0.205. The van der Waals surface area contributed by atoms with Gasteiger partial charge in [0, 0.05) is 13.2 Å². The van der Waals surface area contributed by atoms with E-state index in [-0.39, 0.29) is 6.04 Å². The monoisotopic (exact) mass is 248 g/mol. The number of rotatable bonds is 6. The summed E-state index contributed by atoms with van der Waals surface area (Å²) in [6.45, 7) is 4.89. The lowest BCUT2D eigenvalue weighted by molar-refractivity contribution is 0.171. The van der Waals surface area contributed by atoms with E-state index in [4.69, 9.17) is 14.7 Å². The molecular weight excluding hydrogens is 228 g/mol. The molecule has 0 aliphatic carbocycles. The molecule has 0 fully saturated rings. The van der Waals surface area contributed by atoms with E-state index in [0.717, 1.165) is 5.69 Å². The van der Waals surface area contributed by atoms with Crippen LogP contribution in [-0.4, -0.2) is 26.9 Å². The van der Waals surface area contributed by atoms with E-state index in [1.165, 1.54) is 0 Å². The zero-order valence-corrected chi connectivity index (χ0v) is 11.4. The highest BCUT2D eigenvalue weighted by atomic mass is 16.5. The number of benzene rings is 1. The molecule has 0 aliphatic heterocycles. The summed E-state index contributed by atoms with van der Waals surface area (Å²) >= 11 is 0. The molecule has 1 atom stereocenters. The largest absolute Gasteiger partial charge is 0.495 e. The average Bonchev–Trinajstić information content (AvgIpc) is 2.38. The second-order valence-corrected chi connectivity index (χ2v) is 4.48. The van der Waals surface area contributed by atoms with E-state index in [9.17, 15) is 0 Å². The maximum Gasteiger partial charge on any atom is 0.143 e. The molecule has 0 saturated carbocycles. The molecule has 1 aromatic carbocycles. The lowest BCUT2D eigenvalue weighted by Crippen LogP contribution is -2.30. The summed E-state index contributed by atoms with van der Waals surface area (Å²) in [7, 11) is 3.29. The molecule has 0 aromatic heterocycles. The summed E-state index contributed by atoms with van der Waals surface area (Å²) in [5.74, 6) is 1.11. The number of anilines is 1. The van der Waals surface area contributed by atoms with Crippen molar-refractivity contribution in [2.24, 2.45) is 5.92 Å². The predicted molar refractivity (Wildman–Crippen MR) is 71.8 cm³/mol. The van der Waals surface area contributed by atoms with Gasteiger partial charge in [-0.05, 0) is 18.1 Å². The molecule has 0 radical (unpaired) electrons. The van der Waals surface area contributed by atoms with Crippen LogP contribution in [0.5, 0.6) is 5.75 Å². The second-order valence-electron chi connectivity index (χ2n) is 4.48. The number of nitrogens with zero attached hydrogens (tertiary/aromatic N) is 1. The van der Waals surface area contributed by atoms with Crippen molar-refractivity contribution in [1.82, 2.24) is 0 Å². The Morgan fingerprint density at radius 3 is 2.56 bits per heavy atom. The fourth-order valence-electron chi connectivity index (χ4n) is 1.66. The maximum absolute atomic E-state index is 8.86. The number of nitriles is 1. The van der Waals surface area contributed by atoms with Crippen molar-refractivity contribution in [1.29, 1.82) is 5.26 Å². The van der Waals surface area contributed by atoms with Gasteiger partial charge in [0.15, 0.2) is 0 Å². The second kappa shape index (κ2) is 6.87. The minimum absolute atomic E-state index is 0.205. The van der Waals surface area contributed by atoms with Crippen molar-refractivity contribution in [3.63, 3.8) is 0 Å². The summed E-state index contributed by atoms with van der Waals surface area (Å²) < 4.78 is 10.5. The Morgan fingerprint density at radius 2 is 2.06 bits per heavy atom. The van der Waals surface area contributed by atoms with Gasteiger partial charge in [-0.15, -0.1) is 0 Å². The first-order valence-electron chi connectivity index (χ1n) is 5.96. The molecule has 1 unspecified atom stereocenters.